The van der Waals surface area contributed by atoms with Crippen LogP contribution in [0.25, 0.3) is 132 Å². The number of fused-ring (bicyclic) bond motifs is 14. The fourth-order valence-corrected chi connectivity index (χ4v) is 15.8. The third kappa shape index (κ3) is 8.54. The molecule has 0 N–H and O–H groups in total. The van der Waals surface area contributed by atoms with E-state index in [9.17, 15) is 0 Å². The van der Waals surface area contributed by atoms with Gasteiger partial charge in [-0.2, -0.15) is 0 Å². The predicted molar refractivity (Wildman–Crippen MR) is 395 cm³/mol. The lowest BCUT2D eigenvalue weighted by atomic mass is 9.34. The van der Waals surface area contributed by atoms with Crippen molar-refractivity contribution in [3.63, 3.8) is 0 Å². The number of hydrogen-bond donors (Lipinski definition) is 0. The molecule has 0 fully saturated rings. The maximum atomic E-state index is 7.51. The summed E-state index contributed by atoms with van der Waals surface area (Å²) in [4.78, 5) is 0. The van der Waals surface area contributed by atoms with Gasteiger partial charge < -0.3 is 23.0 Å². The van der Waals surface area contributed by atoms with Gasteiger partial charge >= 0.3 is 0 Å². The highest BCUT2D eigenvalue weighted by atomic mass is 16.5. The highest BCUT2D eigenvalue weighted by Crippen LogP contribution is 2.42. The van der Waals surface area contributed by atoms with Gasteiger partial charge in [-0.15, -0.1) is 0 Å². The van der Waals surface area contributed by atoms with Crippen LogP contribution in [0.15, 0.2) is 279 Å². The molecule has 0 aliphatic carbocycles. The Morgan fingerprint density at radius 1 is 0.258 bits per heavy atom. The van der Waals surface area contributed by atoms with E-state index in [0.717, 1.165) is 56.3 Å². The summed E-state index contributed by atoms with van der Waals surface area (Å²) >= 11 is 0. The molecule has 6 heteroatoms. The van der Waals surface area contributed by atoms with Crippen molar-refractivity contribution in [1.29, 1.82) is 0 Å². The van der Waals surface area contributed by atoms with Crippen LogP contribution >= 0.6 is 0 Å². The molecule has 0 amide bonds. The molecule has 0 bridgehead atoms. The molecule has 5 heterocycles. The summed E-state index contributed by atoms with van der Waals surface area (Å²) in [5, 5.41) is 9.90. The van der Waals surface area contributed by atoms with Gasteiger partial charge in [0.25, 0.3) is 6.71 Å². The SMILES string of the molecule is CC(C)c1cc(C(C)C)c(B2c3ccc(-n4c5ccccc5c5cc(-c6ccc(-n7c8ccccc8c8ccccc87)cc6)ccc54)cc3Oc3cc(-n4c5ccccc5c5cc(-c6ccc(-n7c8ccccc8c8ccccc87)cc6)ccc54)ccc32)c(C(C)C)c1. The van der Waals surface area contributed by atoms with E-state index in [0.29, 0.717) is 17.8 Å². The Balaban J connectivity index is 0.754. The number of hydrogen-bond acceptors (Lipinski definition) is 1. The Labute approximate surface area is 541 Å². The van der Waals surface area contributed by atoms with Crippen LogP contribution in [0.4, 0.5) is 0 Å². The predicted octanol–water partition coefficient (Wildman–Crippen LogP) is 21.4. The summed E-state index contributed by atoms with van der Waals surface area (Å²) < 4.78 is 17.2. The molecule has 0 atom stereocenters. The monoisotopic (exact) mass is 1190 g/mol. The van der Waals surface area contributed by atoms with Crippen LogP contribution in [0.5, 0.6) is 11.5 Å². The van der Waals surface area contributed by atoms with Crippen LogP contribution in [0.2, 0.25) is 0 Å². The Morgan fingerprint density at radius 3 is 0.882 bits per heavy atom. The topological polar surface area (TPSA) is 28.9 Å². The second kappa shape index (κ2) is 21.3. The number of rotatable bonds is 10. The van der Waals surface area contributed by atoms with Crippen molar-refractivity contribution in [2.24, 2.45) is 0 Å². The second-order valence-corrected chi connectivity index (χ2v) is 26.6. The third-order valence-corrected chi connectivity index (χ3v) is 20.2. The average molecular weight is 1200 g/mol. The van der Waals surface area contributed by atoms with Crippen molar-refractivity contribution in [2.75, 3.05) is 0 Å². The maximum absolute atomic E-state index is 7.51. The Hall–Kier alpha value is -11.1. The first-order chi connectivity index (χ1) is 45.6. The van der Waals surface area contributed by atoms with Gasteiger partial charge in [-0.1, -0.05) is 217 Å². The lowest BCUT2D eigenvalue weighted by Gasteiger charge is -2.32. The average Bonchev–Trinajstić information content (AvgIpc) is 1.62. The summed E-state index contributed by atoms with van der Waals surface area (Å²) in [6, 6.07) is 104. The van der Waals surface area contributed by atoms with Gasteiger partial charge in [0.15, 0.2) is 0 Å². The van der Waals surface area contributed by atoms with Crippen LogP contribution in [-0.2, 0) is 0 Å². The van der Waals surface area contributed by atoms with E-state index in [2.05, 4.69) is 339 Å². The maximum Gasteiger partial charge on any atom is 0.251 e. The molecule has 0 radical (unpaired) electrons. The molecule has 5 nitrogen and oxygen atoms in total. The lowest BCUT2D eigenvalue weighted by Crippen LogP contribution is -2.57. The largest absolute Gasteiger partial charge is 0.458 e. The van der Waals surface area contributed by atoms with Gasteiger partial charge in [0.2, 0.25) is 0 Å². The van der Waals surface area contributed by atoms with Gasteiger partial charge in [0, 0.05) is 78.0 Å². The van der Waals surface area contributed by atoms with Crippen LogP contribution in [0.1, 0.15) is 76.0 Å². The van der Waals surface area contributed by atoms with Gasteiger partial charge in [-0.25, -0.2) is 0 Å². The molecule has 444 valence electrons. The van der Waals surface area contributed by atoms with Crippen molar-refractivity contribution in [1.82, 2.24) is 18.3 Å². The fourth-order valence-electron chi connectivity index (χ4n) is 15.8. The van der Waals surface area contributed by atoms with Crippen molar-refractivity contribution in [2.45, 2.75) is 59.3 Å². The van der Waals surface area contributed by atoms with E-state index in [4.69, 9.17) is 4.74 Å². The molecule has 1 aliphatic rings. The van der Waals surface area contributed by atoms with E-state index in [1.165, 1.54) is 120 Å². The smallest absolute Gasteiger partial charge is 0.251 e. The number of nitrogens with zero attached hydrogens (tertiary/aromatic N) is 4. The number of aromatic nitrogens is 4. The molecule has 17 aromatic rings. The fraction of sp³-hybridized carbons (Fsp3) is 0.103. The van der Waals surface area contributed by atoms with E-state index in [-0.39, 0.29) is 6.71 Å². The number of para-hydroxylation sites is 6. The minimum absolute atomic E-state index is 0.0769. The zero-order chi connectivity index (χ0) is 62.3. The van der Waals surface area contributed by atoms with E-state index in [1.807, 2.05) is 0 Å². The van der Waals surface area contributed by atoms with Gasteiger partial charge in [-0.05, 0) is 165 Å². The highest BCUT2D eigenvalue weighted by molar-refractivity contribution is 6.97. The van der Waals surface area contributed by atoms with Crippen LogP contribution in [0, 0.1) is 0 Å². The summed E-state index contributed by atoms with van der Waals surface area (Å²) in [7, 11) is 0. The van der Waals surface area contributed by atoms with E-state index in [1.54, 1.807) is 0 Å². The molecule has 1 aliphatic heterocycles. The molecular weight excluding hydrogens is 1130 g/mol. The molecule has 0 unspecified atom stereocenters. The van der Waals surface area contributed by atoms with Gasteiger partial charge in [0.1, 0.15) is 11.5 Å². The summed E-state index contributed by atoms with van der Waals surface area (Å²) in [6.45, 7) is 14.0. The Morgan fingerprint density at radius 2 is 0.548 bits per heavy atom. The van der Waals surface area contributed by atoms with Crippen LogP contribution < -0.4 is 21.1 Å². The molecule has 18 rings (SSSR count). The standard InChI is InChI=1S/C87H67BN4O/c1-53(2)60-49-71(54(3)4)87(72(50-60)55(5)6)88-75-43-41-63(91-81-29-17-11-23-69(81)73-47-58(35-45-83(73)91)56-31-37-61(38-32-56)89-77-25-13-7-19-65(77)66-20-8-14-26-78(66)89)51-85(75)93-86-52-64(42-44-76(86)88)92-82-30-18-12-24-70(82)74-48-59(36-46-84(74)92)57-33-39-62(40-34-57)90-79-27-15-9-21-67(79)68-22-10-16-28-80(68)90/h7-55H,1-6H3. The summed E-state index contributed by atoms with van der Waals surface area (Å²) in [5.41, 5.74) is 26.5. The first kappa shape index (κ1) is 54.8. The normalized spacial score (nSPS) is 12.5. The Kier molecular flexibility index (Phi) is 12.5. The first-order valence-electron chi connectivity index (χ1n) is 33.0. The minimum Gasteiger partial charge on any atom is -0.458 e. The van der Waals surface area contributed by atoms with Crippen molar-refractivity contribution >= 4 is 110 Å². The van der Waals surface area contributed by atoms with E-state index >= 15 is 0 Å². The van der Waals surface area contributed by atoms with Crippen molar-refractivity contribution in [3.8, 4) is 56.5 Å². The van der Waals surface area contributed by atoms with E-state index < -0.39 is 0 Å². The second-order valence-electron chi connectivity index (χ2n) is 26.6. The van der Waals surface area contributed by atoms with Crippen molar-refractivity contribution < 1.29 is 4.74 Å². The molecular formula is C87H67BN4O. The van der Waals surface area contributed by atoms with Gasteiger partial charge in [-0.3, -0.25) is 0 Å². The molecule has 0 saturated heterocycles. The van der Waals surface area contributed by atoms with Crippen molar-refractivity contribution in [3.05, 3.63) is 296 Å². The third-order valence-electron chi connectivity index (χ3n) is 20.2. The zero-order valence-electron chi connectivity index (χ0n) is 53.1. The number of benzene rings is 13. The number of ether oxygens (including phenoxy) is 1. The lowest BCUT2D eigenvalue weighted by molar-refractivity contribution is 0.487. The van der Waals surface area contributed by atoms with Crippen LogP contribution in [0.3, 0.4) is 0 Å². The molecule has 0 saturated carbocycles. The molecule has 13 aromatic carbocycles. The van der Waals surface area contributed by atoms with Gasteiger partial charge in [0.05, 0.1) is 44.1 Å². The quantitative estimate of drug-likeness (QED) is 0.125. The van der Waals surface area contributed by atoms with Crippen LogP contribution in [-0.4, -0.2) is 25.0 Å². The summed E-state index contributed by atoms with van der Waals surface area (Å²) in [6.07, 6.45) is 0. The molecule has 4 aromatic heterocycles. The molecule has 93 heavy (non-hydrogen) atoms. The highest BCUT2D eigenvalue weighted by Gasteiger charge is 2.38. The molecule has 0 spiro atoms. The Bertz CT molecular complexity index is 5430. The first-order valence-corrected chi connectivity index (χ1v) is 33.0. The zero-order valence-corrected chi connectivity index (χ0v) is 53.1. The minimum atomic E-state index is -0.0769. The summed E-state index contributed by atoms with van der Waals surface area (Å²) in [5.74, 6) is 2.74.